The number of carboxylic acids is 1. The number of aliphatic hydroxyl groups excluding tert-OH is 1. The number of aliphatic carboxylic acids is 1. The zero-order chi connectivity index (χ0) is 21.1. The number of carboxylic acid groups (broad SMARTS) is 1. The number of aliphatic hydroxyl groups is 1. The van der Waals surface area contributed by atoms with Crippen LogP contribution in [-0.2, 0) is 24.0 Å². The van der Waals surface area contributed by atoms with Crippen molar-refractivity contribution >= 4 is 29.6 Å². The standard InChI is InChI=1S/C15H27N5O7/c1-3-7(2)12(14(25)19-9(15(26)27)4-10(17)22)20-11(23)5-18-13(24)8(16)6-21/h7-9,12,21H,3-6,16H2,1-2H3,(H2,17,22)(H,18,24)(H,19,25)(H,20,23)(H,26,27). The molecule has 0 saturated carbocycles. The second kappa shape index (κ2) is 11.8. The Morgan fingerprint density at radius 1 is 1.07 bits per heavy atom. The van der Waals surface area contributed by atoms with E-state index in [0.717, 1.165) is 0 Å². The van der Waals surface area contributed by atoms with E-state index in [4.69, 9.17) is 21.7 Å². The highest BCUT2D eigenvalue weighted by molar-refractivity contribution is 5.93. The van der Waals surface area contributed by atoms with Crippen molar-refractivity contribution in [3.05, 3.63) is 0 Å². The lowest BCUT2D eigenvalue weighted by atomic mass is 9.97. The maximum absolute atomic E-state index is 12.4. The molecule has 9 N–H and O–H groups in total. The first kappa shape index (κ1) is 24.3. The molecule has 0 aliphatic carbocycles. The largest absolute Gasteiger partial charge is 0.480 e. The Labute approximate surface area is 156 Å². The average Bonchev–Trinajstić information content (AvgIpc) is 2.61. The fourth-order valence-electron chi connectivity index (χ4n) is 1.97. The first-order valence-electron chi connectivity index (χ1n) is 8.28. The highest BCUT2D eigenvalue weighted by atomic mass is 16.4. The molecular weight excluding hydrogens is 362 g/mol. The highest BCUT2D eigenvalue weighted by Gasteiger charge is 2.30. The van der Waals surface area contributed by atoms with Gasteiger partial charge in [0.2, 0.25) is 23.6 Å². The Bertz CT molecular complexity index is 569. The fourth-order valence-corrected chi connectivity index (χ4v) is 1.97. The van der Waals surface area contributed by atoms with Crippen LogP contribution in [0.4, 0.5) is 0 Å². The molecule has 4 atom stereocenters. The lowest BCUT2D eigenvalue weighted by molar-refractivity contribution is -0.144. The third kappa shape index (κ3) is 8.96. The molecule has 12 nitrogen and oxygen atoms in total. The van der Waals surface area contributed by atoms with Crippen molar-refractivity contribution < 1.29 is 34.2 Å². The van der Waals surface area contributed by atoms with Gasteiger partial charge in [-0.1, -0.05) is 20.3 Å². The summed E-state index contributed by atoms with van der Waals surface area (Å²) in [6.45, 7) is 2.34. The van der Waals surface area contributed by atoms with Gasteiger partial charge in [-0.05, 0) is 5.92 Å². The number of hydrogen-bond donors (Lipinski definition) is 7. The maximum atomic E-state index is 12.4. The van der Waals surface area contributed by atoms with Crippen LogP contribution in [0.25, 0.3) is 0 Å². The summed E-state index contributed by atoms with van der Waals surface area (Å²) in [5, 5.41) is 24.6. The van der Waals surface area contributed by atoms with Crippen molar-refractivity contribution in [2.45, 2.75) is 44.8 Å². The van der Waals surface area contributed by atoms with Crippen molar-refractivity contribution in [1.29, 1.82) is 0 Å². The molecule has 0 radical (unpaired) electrons. The molecule has 0 rings (SSSR count). The van der Waals surface area contributed by atoms with E-state index in [1.165, 1.54) is 0 Å². The smallest absolute Gasteiger partial charge is 0.326 e. The topological polar surface area (TPSA) is 214 Å². The van der Waals surface area contributed by atoms with Crippen molar-refractivity contribution in [2.24, 2.45) is 17.4 Å². The van der Waals surface area contributed by atoms with Gasteiger partial charge in [0.05, 0.1) is 19.6 Å². The Morgan fingerprint density at radius 2 is 1.67 bits per heavy atom. The predicted octanol–water partition coefficient (Wildman–Crippen LogP) is -3.60. The summed E-state index contributed by atoms with van der Waals surface area (Å²) >= 11 is 0. The Kier molecular flexibility index (Phi) is 10.6. The summed E-state index contributed by atoms with van der Waals surface area (Å²) in [6.07, 6.45) is -0.120. The molecule has 27 heavy (non-hydrogen) atoms. The lowest BCUT2D eigenvalue weighted by Crippen LogP contribution is -2.56. The third-order valence-corrected chi connectivity index (χ3v) is 3.79. The summed E-state index contributed by atoms with van der Waals surface area (Å²) in [7, 11) is 0. The molecular formula is C15H27N5O7. The van der Waals surface area contributed by atoms with Crippen molar-refractivity contribution in [3.63, 3.8) is 0 Å². The van der Waals surface area contributed by atoms with Gasteiger partial charge in [-0.15, -0.1) is 0 Å². The molecule has 0 spiro atoms. The summed E-state index contributed by atoms with van der Waals surface area (Å²) in [5.74, 6) is -4.98. The van der Waals surface area contributed by atoms with Gasteiger partial charge >= 0.3 is 5.97 Å². The third-order valence-electron chi connectivity index (χ3n) is 3.79. The summed E-state index contributed by atoms with van der Waals surface area (Å²) in [4.78, 5) is 57.9. The lowest BCUT2D eigenvalue weighted by Gasteiger charge is -2.25. The molecule has 0 bridgehead atoms. The minimum atomic E-state index is -1.53. The van der Waals surface area contributed by atoms with E-state index in [0.29, 0.717) is 6.42 Å². The minimum absolute atomic E-state index is 0.368. The van der Waals surface area contributed by atoms with Gasteiger partial charge in [0.15, 0.2) is 0 Å². The predicted molar refractivity (Wildman–Crippen MR) is 92.8 cm³/mol. The normalized spacial score (nSPS) is 15.0. The average molecular weight is 389 g/mol. The summed E-state index contributed by atoms with van der Waals surface area (Å²) in [5.41, 5.74) is 10.3. The Morgan fingerprint density at radius 3 is 2.11 bits per heavy atom. The SMILES string of the molecule is CCC(C)C(NC(=O)CNC(=O)C(N)CO)C(=O)NC(CC(N)=O)C(=O)O. The van der Waals surface area contributed by atoms with E-state index in [-0.39, 0.29) is 5.92 Å². The first-order valence-corrected chi connectivity index (χ1v) is 8.28. The first-order chi connectivity index (χ1) is 12.5. The maximum Gasteiger partial charge on any atom is 0.326 e. The molecule has 4 amide bonds. The van der Waals surface area contributed by atoms with Gasteiger partial charge in [0.1, 0.15) is 18.1 Å². The van der Waals surface area contributed by atoms with Gasteiger partial charge in [0, 0.05) is 0 Å². The molecule has 12 heteroatoms. The minimum Gasteiger partial charge on any atom is -0.480 e. The molecule has 0 saturated heterocycles. The summed E-state index contributed by atoms with van der Waals surface area (Å²) in [6, 6.07) is -3.81. The number of carbonyl (C=O) groups excluding carboxylic acids is 4. The molecule has 0 aliphatic heterocycles. The molecule has 0 fully saturated rings. The van der Waals surface area contributed by atoms with Crippen molar-refractivity contribution in [2.75, 3.05) is 13.2 Å². The quantitative estimate of drug-likeness (QED) is 0.176. The van der Waals surface area contributed by atoms with Gasteiger partial charge in [-0.25, -0.2) is 4.79 Å². The molecule has 0 aromatic heterocycles. The number of carbonyl (C=O) groups is 5. The number of amides is 4. The van der Waals surface area contributed by atoms with Crippen LogP contribution in [0.2, 0.25) is 0 Å². The van der Waals surface area contributed by atoms with Crippen LogP contribution in [0.15, 0.2) is 0 Å². The molecule has 0 aromatic carbocycles. The van der Waals surface area contributed by atoms with E-state index in [1.54, 1.807) is 13.8 Å². The van der Waals surface area contributed by atoms with Gasteiger partial charge in [0.25, 0.3) is 0 Å². The monoisotopic (exact) mass is 389 g/mol. The number of nitrogens with one attached hydrogen (secondary N) is 3. The van der Waals surface area contributed by atoms with Gasteiger partial charge < -0.3 is 37.6 Å². The van der Waals surface area contributed by atoms with Gasteiger partial charge in [-0.2, -0.15) is 0 Å². The van der Waals surface area contributed by atoms with Crippen LogP contribution >= 0.6 is 0 Å². The number of rotatable bonds is 12. The van der Waals surface area contributed by atoms with E-state index in [9.17, 15) is 24.0 Å². The zero-order valence-corrected chi connectivity index (χ0v) is 15.2. The van der Waals surface area contributed by atoms with E-state index >= 15 is 0 Å². The zero-order valence-electron chi connectivity index (χ0n) is 15.2. The number of hydrogen-bond acceptors (Lipinski definition) is 7. The summed E-state index contributed by atoms with van der Waals surface area (Å²) < 4.78 is 0. The van der Waals surface area contributed by atoms with Crippen LogP contribution in [-0.4, -0.2) is 71.1 Å². The Balaban J connectivity index is 4.98. The molecule has 0 aliphatic rings. The molecule has 4 unspecified atom stereocenters. The number of primary amides is 1. The van der Waals surface area contributed by atoms with E-state index in [2.05, 4.69) is 16.0 Å². The highest BCUT2D eigenvalue weighted by Crippen LogP contribution is 2.09. The van der Waals surface area contributed by atoms with E-state index < -0.39 is 67.3 Å². The fraction of sp³-hybridized carbons (Fsp3) is 0.667. The molecule has 154 valence electrons. The van der Waals surface area contributed by atoms with Crippen LogP contribution in [0.3, 0.4) is 0 Å². The van der Waals surface area contributed by atoms with E-state index in [1.807, 2.05) is 0 Å². The molecule has 0 heterocycles. The van der Waals surface area contributed by atoms with Gasteiger partial charge in [-0.3, -0.25) is 19.2 Å². The second-order valence-corrected chi connectivity index (χ2v) is 6.01. The van der Waals surface area contributed by atoms with Crippen LogP contribution < -0.4 is 27.4 Å². The van der Waals surface area contributed by atoms with Crippen LogP contribution in [0.5, 0.6) is 0 Å². The molecule has 0 aromatic rings. The van der Waals surface area contributed by atoms with Crippen LogP contribution in [0.1, 0.15) is 26.7 Å². The second-order valence-electron chi connectivity index (χ2n) is 6.01. The van der Waals surface area contributed by atoms with Crippen molar-refractivity contribution in [3.8, 4) is 0 Å². The van der Waals surface area contributed by atoms with Crippen LogP contribution in [0, 0.1) is 5.92 Å². The number of nitrogens with two attached hydrogens (primary N) is 2. The van der Waals surface area contributed by atoms with Crippen molar-refractivity contribution in [1.82, 2.24) is 16.0 Å². The Hall–Kier alpha value is -2.73.